The van der Waals surface area contributed by atoms with Crippen LogP contribution in [0.2, 0.25) is 0 Å². The Morgan fingerprint density at radius 2 is 1.78 bits per heavy atom. The van der Waals surface area contributed by atoms with Gasteiger partial charge in [0, 0.05) is 18.3 Å². The molecule has 1 aliphatic carbocycles. The standard InChI is InChI=1S/C18H19N3O2/c1-2-21(14-7-4-3-5-8-14)18(23)16-10-6-9-15(20-16)17(22)19-13-11-12-13/h3-10,13H,2,11-12H2,1H3,(H,19,22). The lowest BCUT2D eigenvalue weighted by Crippen LogP contribution is -2.32. The number of rotatable bonds is 5. The third-order valence-electron chi connectivity index (χ3n) is 3.74. The number of carbonyl (C=O) groups is 2. The molecule has 3 rings (SSSR count). The Hall–Kier alpha value is -2.69. The van der Waals surface area contributed by atoms with Crippen molar-refractivity contribution in [3.8, 4) is 0 Å². The summed E-state index contributed by atoms with van der Waals surface area (Å²) in [7, 11) is 0. The van der Waals surface area contributed by atoms with Crippen LogP contribution in [0.15, 0.2) is 48.5 Å². The summed E-state index contributed by atoms with van der Waals surface area (Å²) in [6.07, 6.45) is 2.03. The van der Waals surface area contributed by atoms with Gasteiger partial charge in [-0.05, 0) is 44.0 Å². The van der Waals surface area contributed by atoms with Crippen LogP contribution in [0.4, 0.5) is 5.69 Å². The van der Waals surface area contributed by atoms with E-state index in [-0.39, 0.29) is 29.2 Å². The first-order valence-electron chi connectivity index (χ1n) is 7.84. The summed E-state index contributed by atoms with van der Waals surface area (Å²) in [5.74, 6) is -0.426. The Morgan fingerprint density at radius 3 is 2.43 bits per heavy atom. The Balaban J connectivity index is 1.82. The quantitative estimate of drug-likeness (QED) is 0.923. The van der Waals surface area contributed by atoms with Crippen molar-refractivity contribution < 1.29 is 9.59 Å². The maximum atomic E-state index is 12.7. The number of nitrogens with one attached hydrogen (secondary N) is 1. The highest BCUT2D eigenvalue weighted by Gasteiger charge is 2.25. The molecule has 1 heterocycles. The molecule has 0 saturated heterocycles. The van der Waals surface area contributed by atoms with Crippen molar-refractivity contribution in [2.75, 3.05) is 11.4 Å². The van der Waals surface area contributed by atoms with Crippen LogP contribution in [0.3, 0.4) is 0 Å². The zero-order valence-electron chi connectivity index (χ0n) is 13.0. The first-order valence-corrected chi connectivity index (χ1v) is 7.84. The maximum absolute atomic E-state index is 12.7. The highest BCUT2D eigenvalue weighted by molar-refractivity contribution is 6.05. The summed E-state index contributed by atoms with van der Waals surface area (Å²) >= 11 is 0. The number of carbonyl (C=O) groups excluding carboxylic acids is 2. The summed E-state index contributed by atoms with van der Waals surface area (Å²) in [4.78, 5) is 30.7. The van der Waals surface area contributed by atoms with Gasteiger partial charge in [0.25, 0.3) is 11.8 Å². The SMILES string of the molecule is CCN(C(=O)c1cccc(C(=O)NC2CC2)n1)c1ccccc1. The molecule has 1 saturated carbocycles. The molecule has 118 valence electrons. The molecule has 1 fully saturated rings. The van der Waals surface area contributed by atoms with Crippen molar-refractivity contribution in [3.05, 3.63) is 59.9 Å². The van der Waals surface area contributed by atoms with Crippen molar-refractivity contribution >= 4 is 17.5 Å². The number of hydrogen-bond acceptors (Lipinski definition) is 3. The minimum Gasteiger partial charge on any atom is -0.348 e. The number of aromatic nitrogens is 1. The molecular formula is C18H19N3O2. The fourth-order valence-corrected chi connectivity index (χ4v) is 2.36. The Morgan fingerprint density at radius 1 is 1.09 bits per heavy atom. The number of nitrogens with zero attached hydrogens (tertiary/aromatic N) is 2. The van der Waals surface area contributed by atoms with Crippen LogP contribution < -0.4 is 10.2 Å². The van der Waals surface area contributed by atoms with Gasteiger partial charge in [0.15, 0.2) is 0 Å². The monoisotopic (exact) mass is 309 g/mol. The second-order valence-corrected chi connectivity index (χ2v) is 5.54. The van der Waals surface area contributed by atoms with E-state index in [1.54, 1.807) is 23.1 Å². The molecule has 0 radical (unpaired) electrons. The van der Waals surface area contributed by atoms with E-state index >= 15 is 0 Å². The molecular weight excluding hydrogens is 290 g/mol. The predicted octanol–water partition coefficient (Wildman–Crippen LogP) is 2.64. The lowest BCUT2D eigenvalue weighted by Gasteiger charge is -2.20. The van der Waals surface area contributed by atoms with Gasteiger partial charge in [0.2, 0.25) is 0 Å². The summed E-state index contributed by atoms with van der Waals surface area (Å²) in [6, 6.07) is 14.7. The molecule has 2 amide bonds. The van der Waals surface area contributed by atoms with Crippen LogP contribution in [0.5, 0.6) is 0 Å². The van der Waals surface area contributed by atoms with Gasteiger partial charge >= 0.3 is 0 Å². The van der Waals surface area contributed by atoms with E-state index in [0.29, 0.717) is 6.54 Å². The topological polar surface area (TPSA) is 62.3 Å². The van der Waals surface area contributed by atoms with Crippen molar-refractivity contribution in [1.29, 1.82) is 0 Å². The molecule has 0 atom stereocenters. The number of pyridine rings is 1. The van der Waals surface area contributed by atoms with E-state index < -0.39 is 0 Å². The number of anilines is 1. The van der Waals surface area contributed by atoms with Crippen molar-refractivity contribution in [1.82, 2.24) is 10.3 Å². The van der Waals surface area contributed by atoms with Gasteiger partial charge < -0.3 is 10.2 Å². The van der Waals surface area contributed by atoms with Crippen molar-refractivity contribution in [2.45, 2.75) is 25.8 Å². The van der Waals surface area contributed by atoms with Crippen molar-refractivity contribution in [3.63, 3.8) is 0 Å². The molecule has 2 aromatic rings. The minimum atomic E-state index is -0.218. The Bertz CT molecular complexity index is 711. The molecule has 23 heavy (non-hydrogen) atoms. The average molecular weight is 309 g/mol. The van der Waals surface area contributed by atoms with Crippen LogP contribution in [0.25, 0.3) is 0 Å². The van der Waals surface area contributed by atoms with E-state index in [9.17, 15) is 9.59 Å². The fourth-order valence-electron chi connectivity index (χ4n) is 2.36. The first-order chi connectivity index (χ1) is 11.2. The number of amides is 2. The van der Waals surface area contributed by atoms with E-state index in [0.717, 1.165) is 18.5 Å². The number of hydrogen-bond donors (Lipinski definition) is 1. The van der Waals surface area contributed by atoms with Gasteiger partial charge in [-0.2, -0.15) is 0 Å². The van der Waals surface area contributed by atoms with Gasteiger partial charge in [-0.25, -0.2) is 4.98 Å². The van der Waals surface area contributed by atoms with Crippen LogP contribution in [0.1, 0.15) is 40.7 Å². The second-order valence-electron chi connectivity index (χ2n) is 5.54. The number of benzene rings is 1. The fraction of sp³-hybridized carbons (Fsp3) is 0.278. The van der Waals surface area contributed by atoms with Gasteiger partial charge in [-0.3, -0.25) is 9.59 Å². The van der Waals surface area contributed by atoms with Gasteiger partial charge in [0.1, 0.15) is 11.4 Å². The van der Waals surface area contributed by atoms with E-state index in [1.807, 2.05) is 37.3 Å². The van der Waals surface area contributed by atoms with E-state index in [4.69, 9.17) is 0 Å². The summed E-state index contributed by atoms with van der Waals surface area (Å²) in [6.45, 7) is 2.44. The van der Waals surface area contributed by atoms with Gasteiger partial charge in [-0.1, -0.05) is 24.3 Å². The molecule has 5 heteroatoms. The molecule has 0 bridgehead atoms. The predicted molar refractivity (Wildman–Crippen MR) is 88.5 cm³/mol. The van der Waals surface area contributed by atoms with Crippen LogP contribution in [0, 0.1) is 0 Å². The zero-order valence-corrected chi connectivity index (χ0v) is 13.0. The minimum absolute atomic E-state index is 0.209. The molecule has 1 aromatic heterocycles. The highest BCUT2D eigenvalue weighted by Crippen LogP contribution is 2.19. The lowest BCUT2D eigenvalue weighted by atomic mass is 10.2. The normalized spacial score (nSPS) is 13.4. The van der Waals surface area contributed by atoms with Crippen LogP contribution in [-0.4, -0.2) is 29.4 Å². The second kappa shape index (κ2) is 6.60. The third kappa shape index (κ3) is 3.56. The molecule has 1 N–H and O–H groups in total. The molecule has 0 unspecified atom stereocenters. The number of para-hydroxylation sites is 1. The summed E-state index contributed by atoms with van der Waals surface area (Å²) < 4.78 is 0. The molecule has 5 nitrogen and oxygen atoms in total. The third-order valence-corrected chi connectivity index (χ3v) is 3.74. The molecule has 0 aliphatic heterocycles. The lowest BCUT2D eigenvalue weighted by molar-refractivity contribution is 0.0945. The summed E-state index contributed by atoms with van der Waals surface area (Å²) in [5, 5.41) is 2.88. The van der Waals surface area contributed by atoms with Crippen LogP contribution >= 0.6 is 0 Å². The van der Waals surface area contributed by atoms with Crippen molar-refractivity contribution in [2.24, 2.45) is 0 Å². The van der Waals surface area contributed by atoms with Gasteiger partial charge in [-0.15, -0.1) is 0 Å². The smallest absolute Gasteiger partial charge is 0.276 e. The maximum Gasteiger partial charge on any atom is 0.276 e. The Kier molecular flexibility index (Phi) is 4.37. The van der Waals surface area contributed by atoms with Gasteiger partial charge in [0.05, 0.1) is 0 Å². The largest absolute Gasteiger partial charge is 0.348 e. The molecule has 0 spiro atoms. The summed E-state index contributed by atoms with van der Waals surface area (Å²) in [5.41, 5.74) is 1.38. The highest BCUT2D eigenvalue weighted by atomic mass is 16.2. The zero-order chi connectivity index (χ0) is 16.2. The van der Waals surface area contributed by atoms with E-state index in [2.05, 4.69) is 10.3 Å². The first kappa shape index (κ1) is 15.2. The van der Waals surface area contributed by atoms with Crippen LogP contribution in [-0.2, 0) is 0 Å². The van der Waals surface area contributed by atoms with E-state index in [1.165, 1.54) is 0 Å². The molecule has 1 aliphatic rings. The average Bonchev–Trinajstić information content (AvgIpc) is 3.40. The Labute approximate surface area is 135 Å². The molecule has 1 aromatic carbocycles.